The van der Waals surface area contributed by atoms with E-state index in [1.807, 2.05) is 30.3 Å². The van der Waals surface area contributed by atoms with Crippen LogP contribution in [0.5, 0.6) is 11.5 Å². The van der Waals surface area contributed by atoms with Crippen LogP contribution in [0.15, 0.2) is 47.6 Å². The maximum atomic E-state index is 5.78. The van der Waals surface area contributed by atoms with Crippen LogP contribution in [0.2, 0.25) is 5.15 Å². The highest BCUT2D eigenvalue weighted by Crippen LogP contribution is 2.18. The first-order chi connectivity index (χ1) is 12.2. The lowest BCUT2D eigenvalue weighted by Crippen LogP contribution is -2.40. The summed E-state index contributed by atoms with van der Waals surface area (Å²) in [7, 11) is 3.37. The molecule has 0 fully saturated rings. The number of pyridine rings is 1. The number of methoxy groups -OCH3 is 1. The highest BCUT2D eigenvalue weighted by molar-refractivity contribution is 14.0. The van der Waals surface area contributed by atoms with Gasteiger partial charge in [-0.25, -0.2) is 4.98 Å². The van der Waals surface area contributed by atoms with E-state index in [0.717, 1.165) is 36.0 Å². The van der Waals surface area contributed by atoms with Gasteiger partial charge in [-0.05, 0) is 30.2 Å². The summed E-state index contributed by atoms with van der Waals surface area (Å²) in [4.78, 5) is 8.25. The van der Waals surface area contributed by atoms with Crippen molar-refractivity contribution in [2.75, 3.05) is 33.9 Å². The average Bonchev–Trinajstić information content (AvgIpc) is 2.65. The van der Waals surface area contributed by atoms with E-state index in [1.165, 1.54) is 0 Å². The molecule has 142 valence electrons. The molecule has 0 radical (unpaired) electrons. The fourth-order valence-electron chi connectivity index (χ4n) is 2.13. The molecule has 0 saturated carbocycles. The minimum Gasteiger partial charge on any atom is -0.497 e. The van der Waals surface area contributed by atoms with Gasteiger partial charge in [0.15, 0.2) is 5.96 Å². The number of rotatable bonds is 8. The van der Waals surface area contributed by atoms with Gasteiger partial charge < -0.3 is 20.1 Å². The van der Waals surface area contributed by atoms with Crippen molar-refractivity contribution >= 4 is 41.5 Å². The largest absolute Gasteiger partial charge is 0.497 e. The van der Waals surface area contributed by atoms with Gasteiger partial charge in [-0.15, -0.1) is 24.0 Å². The first kappa shape index (κ1) is 22.3. The van der Waals surface area contributed by atoms with Crippen molar-refractivity contribution in [2.24, 2.45) is 4.99 Å². The zero-order chi connectivity index (χ0) is 17.9. The molecule has 0 spiro atoms. The van der Waals surface area contributed by atoms with Crippen molar-refractivity contribution in [3.8, 4) is 11.5 Å². The third-order valence-electron chi connectivity index (χ3n) is 3.42. The lowest BCUT2D eigenvalue weighted by molar-refractivity contribution is 0.319. The van der Waals surface area contributed by atoms with Crippen LogP contribution in [-0.2, 0) is 6.42 Å². The number of halogens is 2. The number of hydrogen-bond donors (Lipinski definition) is 2. The van der Waals surface area contributed by atoms with Gasteiger partial charge in [0.25, 0.3) is 0 Å². The van der Waals surface area contributed by atoms with Crippen LogP contribution < -0.4 is 20.1 Å². The molecule has 8 heteroatoms. The third-order valence-corrected chi connectivity index (χ3v) is 3.65. The third kappa shape index (κ3) is 8.09. The number of aromatic nitrogens is 1. The summed E-state index contributed by atoms with van der Waals surface area (Å²) in [6.45, 7) is 1.91. The van der Waals surface area contributed by atoms with E-state index in [-0.39, 0.29) is 24.0 Å². The van der Waals surface area contributed by atoms with Crippen molar-refractivity contribution in [2.45, 2.75) is 6.42 Å². The van der Waals surface area contributed by atoms with Gasteiger partial charge in [0.2, 0.25) is 0 Å². The van der Waals surface area contributed by atoms with Crippen LogP contribution in [-0.4, -0.2) is 44.8 Å². The summed E-state index contributed by atoms with van der Waals surface area (Å²) in [6.07, 6.45) is 2.62. The molecule has 0 bridgehead atoms. The molecule has 0 amide bonds. The molecule has 26 heavy (non-hydrogen) atoms. The Morgan fingerprint density at radius 3 is 2.62 bits per heavy atom. The second-order valence-electron chi connectivity index (χ2n) is 5.19. The number of aliphatic imine (C=N–C) groups is 1. The van der Waals surface area contributed by atoms with E-state index in [4.69, 9.17) is 21.1 Å². The first-order valence-corrected chi connectivity index (χ1v) is 8.41. The lowest BCUT2D eigenvalue weighted by Gasteiger charge is -2.13. The molecule has 1 aromatic carbocycles. The van der Waals surface area contributed by atoms with Crippen LogP contribution in [0, 0.1) is 0 Å². The molecule has 2 aromatic rings. The predicted molar refractivity (Wildman–Crippen MR) is 116 cm³/mol. The van der Waals surface area contributed by atoms with E-state index >= 15 is 0 Å². The quantitative estimate of drug-likeness (QED) is 0.196. The second kappa shape index (κ2) is 12.6. The molecule has 1 aromatic heterocycles. The SMILES string of the molecule is CN=C(NCCOc1cccc(OC)c1)NCCc1ccc(Cl)nc1.I. The van der Waals surface area contributed by atoms with Gasteiger partial charge >= 0.3 is 0 Å². The second-order valence-corrected chi connectivity index (χ2v) is 5.58. The van der Waals surface area contributed by atoms with Gasteiger partial charge in [0.05, 0.1) is 13.7 Å². The minimum absolute atomic E-state index is 0. The van der Waals surface area contributed by atoms with E-state index in [2.05, 4.69) is 20.6 Å². The van der Waals surface area contributed by atoms with Crippen molar-refractivity contribution in [3.05, 3.63) is 53.3 Å². The number of nitrogens with zero attached hydrogens (tertiary/aromatic N) is 2. The normalized spacial score (nSPS) is 10.7. The maximum absolute atomic E-state index is 5.78. The summed E-state index contributed by atoms with van der Waals surface area (Å²) in [6, 6.07) is 11.3. The van der Waals surface area contributed by atoms with Crippen LogP contribution in [0.4, 0.5) is 0 Å². The Morgan fingerprint density at radius 2 is 1.92 bits per heavy atom. The molecule has 0 saturated heterocycles. The number of hydrogen-bond acceptors (Lipinski definition) is 4. The highest BCUT2D eigenvalue weighted by Gasteiger charge is 2.00. The van der Waals surface area contributed by atoms with E-state index in [0.29, 0.717) is 18.3 Å². The molecule has 0 aliphatic heterocycles. The molecule has 0 unspecified atom stereocenters. The van der Waals surface area contributed by atoms with Crippen LogP contribution >= 0.6 is 35.6 Å². The highest BCUT2D eigenvalue weighted by atomic mass is 127. The van der Waals surface area contributed by atoms with E-state index < -0.39 is 0 Å². The van der Waals surface area contributed by atoms with E-state index in [1.54, 1.807) is 26.4 Å². The molecule has 2 N–H and O–H groups in total. The molecule has 0 atom stereocenters. The molecular weight excluding hydrogens is 467 g/mol. The Balaban J connectivity index is 0.00000338. The summed E-state index contributed by atoms with van der Waals surface area (Å²) < 4.78 is 10.8. The van der Waals surface area contributed by atoms with Crippen molar-refractivity contribution < 1.29 is 9.47 Å². The summed E-state index contributed by atoms with van der Waals surface area (Å²) in [5.41, 5.74) is 1.12. The number of ether oxygens (including phenoxy) is 2. The van der Waals surface area contributed by atoms with Gasteiger partial charge in [-0.3, -0.25) is 4.99 Å². The molecule has 0 aliphatic rings. The summed E-state index contributed by atoms with van der Waals surface area (Å²) in [5.74, 6) is 2.29. The standard InChI is InChI=1S/C18H23ClN4O2.HI/c1-20-18(21-9-8-14-6-7-17(19)23-13-14)22-10-11-25-16-5-3-4-15(12-16)24-2;/h3-7,12-13H,8-11H2,1-2H3,(H2,20,21,22);1H. The Labute approximate surface area is 176 Å². The molecular formula is C18H24ClIN4O2. The molecule has 1 heterocycles. The first-order valence-electron chi connectivity index (χ1n) is 8.03. The Hall–Kier alpha value is -1.74. The lowest BCUT2D eigenvalue weighted by atomic mass is 10.2. The average molecular weight is 491 g/mol. The Bertz CT molecular complexity index is 683. The van der Waals surface area contributed by atoms with Crippen LogP contribution in [0.1, 0.15) is 5.56 Å². The number of nitrogens with one attached hydrogen (secondary N) is 2. The topological polar surface area (TPSA) is 67.8 Å². The Kier molecular flexibility index (Phi) is 10.8. The van der Waals surface area contributed by atoms with Crippen molar-refractivity contribution in [1.82, 2.24) is 15.6 Å². The number of benzene rings is 1. The summed E-state index contributed by atoms with van der Waals surface area (Å²) >= 11 is 5.78. The molecule has 6 nitrogen and oxygen atoms in total. The smallest absolute Gasteiger partial charge is 0.191 e. The van der Waals surface area contributed by atoms with Crippen molar-refractivity contribution in [3.63, 3.8) is 0 Å². The fourth-order valence-corrected chi connectivity index (χ4v) is 2.24. The van der Waals surface area contributed by atoms with Crippen LogP contribution in [0.25, 0.3) is 0 Å². The zero-order valence-electron chi connectivity index (χ0n) is 14.9. The number of guanidine groups is 1. The predicted octanol–water partition coefficient (Wildman–Crippen LogP) is 3.15. The maximum Gasteiger partial charge on any atom is 0.191 e. The fraction of sp³-hybridized carbons (Fsp3) is 0.333. The molecule has 2 rings (SSSR count). The van der Waals surface area contributed by atoms with Gasteiger partial charge in [-0.1, -0.05) is 23.7 Å². The zero-order valence-corrected chi connectivity index (χ0v) is 18.0. The Morgan fingerprint density at radius 1 is 1.15 bits per heavy atom. The van der Waals surface area contributed by atoms with E-state index in [9.17, 15) is 0 Å². The van der Waals surface area contributed by atoms with Gasteiger partial charge in [-0.2, -0.15) is 0 Å². The van der Waals surface area contributed by atoms with Gasteiger partial charge in [0, 0.05) is 25.9 Å². The molecule has 0 aliphatic carbocycles. The minimum atomic E-state index is 0. The van der Waals surface area contributed by atoms with Crippen LogP contribution in [0.3, 0.4) is 0 Å². The monoisotopic (exact) mass is 490 g/mol. The van der Waals surface area contributed by atoms with Crippen molar-refractivity contribution in [1.29, 1.82) is 0 Å². The summed E-state index contributed by atoms with van der Waals surface area (Å²) in [5, 5.41) is 6.97. The van der Waals surface area contributed by atoms with Gasteiger partial charge in [0.1, 0.15) is 23.3 Å².